The van der Waals surface area contributed by atoms with Crippen LogP contribution < -0.4 is 11.2 Å². The molecule has 0 spiro atoms. The van der Waals surface area contributed by atoms with E-state index in [1.807, 2.05) is 13.0 Å². The van der Waals surface area contributed by atoms with Crippen LogP contribution in [-0.4, -0.2) is 11.7 Å². The maximum absolute atomic E-state index is 10.3. The Morgan fingerprint density at radius 2 is 2.42 bits per heavy atom. The molecule has 0 saturated heterocycles. The van der Waals surface area contributed by atoms with E-state index in [1.54, 1.807) is 0 Å². The highest BCUT2D eigenvalue weighted by Gasteiger charge is 2.13. The predicted octanol–water partition coefficient (Wildman–Crippen LogP) is 1.14. The molecule has 0 unspecified atom stereocenters. The molecule has 4 heteroatoms. The number of amides is 2. The zero-order valence-electron chi connectivity index (χ0n) is 7.13. The average Bonchev–Trinajstić information content (AvgIpc) is 2.47. The van der Waals surface area contributed by atoms with Crippen molar-refractivity contribution >= 4 is 11.7 Å². The largest absolute Gasteiger partial charge is 0.350 e. The topological polar surface area (TPSA) is 67.5 Å². The fourth-order valence-electron chi connectivity index (χ4n) is 1.31. The minimum absolute atomic E-state index is 0.607. The van der Waals surface area contributed by atoms with Gasteiger partial charge in [0.1, 0.15) is 0 Å². The van der Waals surface area contributed by atoms with Crippen LogP contribution in [0.2, 0.25) is 0 Å². The summed E-state index contributed by atoms with van der Waals surface area (Å²) in [6.07, 6.45) is 5.11. The highest BCUT2D eigenvalue weighted by atomic mass is 16.2. The van der Waals surface area contributed by atoms with Gasteiger partial charge in [-0.15, -0.1) is 0 Å². The zero-order chi connectivity index (χ0) is 8.97. The van der Waals surface area contributed by atoms with E-state index < -0.39 is 6.03 Å². The molecule has 1 rings (SSSR count). The first-order chi connectivity index (χ1) is 5.74. The lowest BCUT2D eigenvalue weighted by Crippen LogP contribution is -2.25. The van der Waals surface area contributed by atoms with Crippen molar-refractivity contribution < 1.29 is 4.79 Å². The van der Waals surface area contributed by atoms with Crippen molar-refractivity contribution in [3.8, 4) is 0 Å². The van der Waals surface area contributed by atoms with Gasteiger partial charge in [0.15, 0.2) is 0 Å². The molecule has 0 atom stereocenters. The van der Waals surface area contributed by atoms with Crippen LogP contribution in [0.25, 0.3) is 0 Å². The molecule has 0 aromatic heterocycles. The molecule has 66 valence electrons. The molecule has 0 bridgehead atoms. The van der Waals surface area contributed by atoms with Crippen molar-refractivity contribution in [1.29, 1.82) is 0 Å². The zero-order valence-corrected chi connectivity index (χ0v) is 7.13. The Labute approximate surface area is 71.5 Å². The third-order valence-electron chi connectivity index (χ3n) is 1.88. The minimum atomic E-state index is -0.607. The number of urea groups is 1. The van der Waals surface area contributed by atoms with Gasteiger partial charge >= 0.3 is 6.03 Å². The first kappa shape index (κ1) is 8.77. The van der Waals surface area contributed by atoms with Gasteiger partial charge in [-0.2, -0.15) is 5.10 Å². The lowest BCUT2D eigenvalue weighted by molar-refractivity contribution is 0.249. The molecule has 2 amide bonds. The van der Waals surface area contributed by atoms with Crippen LogP contribution in [0.3, 0.4) is 0 Å². The van der Waals surface area contributed by atoms with E-state index >= 15 is 0 Å². The Morgan fingerprint density at radius 1 is 1.67 bits per heavy atom. The summed E-state index contributed by atoms with van der Waals surface area (Å²) < 4.78 is 0. The molecule has 1 saturated carbocycles. The number of nitrogens with two attached hydrogens (primary N) is 1. The Hall–Kier alpha value is -1.32. The molecule has 0 heterocycles. The standard InChI is InChI=1S/C8H13N3O/c1-2-6-4-3-5-7(6)10-11-8(9)12/h2H,3-5H2,1H3,(H3,9,11,12)/b6-2-,10-7-. The molecule has 0 radical (unpaired) electrons. The average molecular weight is 167 g/mol. The van der Waals surface area contributed by atoms with Crippen molar-refractivity contribution in [3.63, 3.8) is 0 Å². The van der Waals surface area contributed by atoms with Crippen molar-refractivity contribution in [2.45, 2.75) is 26.2 Å². The SMILES string of the molecule is C/C=C1/CCC/C1=N/NC(N)=O. The Bertz CT molecular complexity index is 243. The number of carbonyl (C=O) groups is 1. The van der Waals surface area contributed by atoms with E-state index in [4.69, 9.17) is 5.73 Å². The number of hydrogen-bond donors (Lipinski definition) is 2. The number of primary amides is 1. The van der Waals surface area contributed by atoms with Gasteiger partial charge in [-0.25, -0.2) is 10.2 Å². The number of hydrogen-bond acceptors (Lipinski definition) is 2. The van der Waals surface area contributed by atoms with Crippen LogP contribution in [0.4, 0.5) is 4.79 Å². The summed E-state index contributed by atoms with van der Waals surface area (Å²) in [5.41, 5.74) is 9.29. The summed E-state index contributed by atoms with van der Waals surface area (Å²) in [6.45, 7) is 1.97. The number of carbonyl (C=O) groups excluding carboxylic acids is 1. The highest BCUT2D eigenvalue weighted by molar-refractivity contribution is 6.02. The molecule has 0 aromatic carbocycles. The molecule has 12 heavy (non-hydrogen) atoms. The van der Waals surface area contributed by atoms with Crippen LogP contribution in [0, 0.1) is 0 Å². The maximum Gasteiger partial charge on any atom is 0.332 e. The van der Waals surface area contributed by atoms with E-state index in [2.05, 4.69) is 10.5 Å². The van der Waals surface area contributed by atoms with Crippen LogP contribution in [0.1, 0.15) is 26.2 Å². The van der Waals surface area contributed by atoms with Gasteiger partial charge in [-0.05, 0) is 31.8 Å². The lowest BCUT2D eigenvalue weighted by atomic mass is 10.2. The number of hydrazone groups is 1. The molecular weight excluding hydrogens is 154 g/mol. The fraction of sp³-hybridized carbons (Fsp3) is 0.500. The van der Waals surface area contributed by atoms with Crippen LogP contribution in [0.5, 0.6) is 0 Å². The Morgan fingerprint density at radius 3 is 3.00 bits per heavy atom. The van der Waals surface area contributed by atoms with Crippen LogP contribution in [0.15, 0.2) is 16.8 Å². The van der Waals surface area contributed by atoms with Gasteiger partial charge in [-0.3, -0.25) is 0 Å². The van der Waals surface area contributed by atoms with Gasteiger partial charge < -0.3 is 5.73 Å². The second kappa shape index (κ2) is 3.90. The summed E-state index contributed by atoms with van der Waals surface area (Å²) >= 11 is 0. The number of nitrogens with zero attached hydrogens (tertiary/aromatic N) is 1. The monoisotopic (exact) mass is 167 g/mol. The first-order valence-corrected chi connectivity index (χ1v) is 4.01. The van der Waals surface area contributed by atoms with Gasteiger partial charge in [-0.1, -0.05) is 6.08 Å². The summed E-state index contributed by atoms with van der Waals surface area (Å²) in [4.78, 5) is 10.3. The molecule has 1 aliphatic rings. The normalized spacial score (nSPS) is 23.4. The Kier molecular flexibility index (Phi) is 2.85. The highest BCUT2D eigenvalue weighted by Crippen LogP contribution is 2.20. The number of allylic oxidation sites excluding steroid dienone is 2. The lowest BCUT2D eigenvalue weighted by Gasteiger charge is -1.98. The second-order valence-electron chi connectivity index (χ2n) is 2.70. The molecule has 3 N–H and O–H groups in total. The minimum Gasteiger partial charge on any atom is -0.350 e. The van der Waals surface area contributed by atoms with E-state index in [9.17, 15) is 4.79 Å². The molecule has 0 aromatic rings. The third-order valence-corrected chi connectivity index (χ3v) is 1.88. The predicted molar refractivity (Wildman–Crippen MR) is 47.8 cm³/mol. The summed E-state index contributed by atoms with van der Waals surface area (Å²) in [6, 6.07) is -0.607. The molecule has 4 nitrogen and oxygen atoms in total. The molecular formula is C8H13N3O. The molecule has 0 aliphatic heterocycles. The maximum atomic E-state index is 10.3. The third kappa shape index (κ3) is 2.08. The Balaban J connectivity index is 2.61. The van der Waals surface area contributed by atoms with Crippen molar-refractivity contribution in [2.24, 2.45) is 10.8 Å². The van der Waals surface area contributed by atoms with Gasteiger partial charge in [0.05, 0.1) is 5.71 Å². The van der Waals surface area contributed by atoms with E-state index in [1.165, 1.54) is 5.57 Å². The van der Waals surface area contributed by atoms with E-state index in [0.29, 0.717) is 0 Å². The molecule has 1 aliphatic carbocycles. The second-order valence-corrected chi connectivity index (χ2v) is 2.70. The summed E-state index contributed by atoms with van der Waals surface area (Å²) in [5.74, 6) is 0. The van der Waals surface area contributed by atoms with Crippen molar-refractivity contribution in [3.05, 3.63) is 11.6 Å². The first-order valence-electron chi connectivity index (χ1n) is 4.01. The number of rotatable bonds is 1. The van der Waals surface area contributed by atoms with Gasteiger partial charge in [0, 0.05) is 0 Å². The van der Waals surface area contributed by atoms with E-state index in [-0.39, 0.29) is 0 Å². The van der Waals surface area contributed by atoms with Gasteiger partial charge in [0.25, 0.3) is 0 Å². The van der Waals surface area contributed by atoms with Crippen LogP contribution in [-0.2, 0) is 0 Å². The smallest absolute Gasteiger partial charge is 0.332 e. The molecule has 1 fully saturated rings. The van der Waals surface area contributed by atoms with Crippen molar-refractivity contribution in [2.75, 3.05) is 0 Å². The fourth-order valence-corrected chi connectivity index (χ4v) is 1.31. The quantitative estimate of drug-likeness (QED) is 0.565. The van der Waals surface area contributed by atoms with Crippen LogP contribution >= 0.6 is 0 Å². The number of nitrogens with one attached hydrogen (secondary N) is 1. The van der Waals surface area contributed by atoms with Gasteiger partial charge in [0.2, 0.25) is 0 Å². The summed E-state index contributed by atoms with van der Waals surface area (Å²) in [7, 11) is 0. The van der Waals surface area contributed by atoms with E-state index in [0.717, 1.165) is 25.0 Å². The van der Waals surface area contributed by atoms with Crippen molar-refractivity contribution in [1.82, 2.24) is 5.43 Å². The summed E-state index contributed by atoms with van der Waals surface area (Å²) in [5, 5.41) is 3.90.